The molecule has 3 heteroatoms. The number of carbonyl (C=O) groups is 1. The van der Waals surface area contributed by atoms with Crippen LogP contribution in [0, 0.1) is 0 Å². The van der Waals surface area contributed by atoms with Crippen LogP contribution in [0.15, 0.2) is 24.8 Å². The van der Waals surface area contributed by atoms with Crippen LogP contribution in [0.5, 0.6) is 11.5 Å². The van der Waals surface area contributed by atoms with Crippen LogP contribution in [0.3, 0.4) is 0 Å². The van der Waals surface area contributed by atoms with Crippen LogP contribution in [-0.4, -0.2) is 19.5 Å². The molecule has 98 valence electrons. The van der Waals surface area contributed by atoms with Crippen molar-refractivity contribution in [2.45, 2.75) is 26.7 Å². The van der Waals surface area contributed by atoms with E-state index in [4.69, 9.17) is 9.47 Å². The Hall–Kier alpha value is -1.77. The Morgan fingerprint density at radius 1 is 1.28 bits per heavy atom. The van der Waals surface area contributed by atoms with E-state index >= 15 is 0 Å². The van der Waals surface area contributed by atoms with Crippen molar-refractivity contribution in [3.63, 3.8) is 0 Å². The van der Waals surface area contributed by atoms with E-state index in [9.17, 15) is 4.79 Å². The number of hydrogen-bond donors (Lipinski definition) is 0. The van der Waals surface area contributed by atoms with Crippen LogP contribution < -0.4 is 9.47 Å². The normalized spacial score (nSPS) is 9.89. The van der Waals surface area contributed by atoms with E-state index in [1.807, 2.05) is 19.9 Å². The van der Waals surface area contributed by atoms with Crippen molar-refractivity contribution in [1.82, 2.24) is 0 Å². The summed E-state index contributed by atoms with van der Waals surface area (Å²) in [6.45, 7) is 8.85. The van der Waals surface area contributed by atoms with Gasteiger partial charge in [0.15, 0.2) is 11.5 Å². The average Bonchev–Trinajstić information content (AvgIpc) is 2.38. The van der Waals surface area contributed by atoms with E-state index in [1.165, 1.54) is 0 Å². The molecular formula is C15H20O3. The predicted molar refractivity (Wildman–Crippen MR) is 72.7 cm³/mol. The molecule has 0 aromatic heterocycles. The summed E-state index contributed by atoms with van der Waals surface area (Å²) in [4.78, 5) is 10.9. The van der Waals surface area contributed by atoms with Gasteiger partial charge in [0.05, 0.1) is 13.2 Å². The van der Waals surface area contributed by atoms with Crippen LogP contribution in [0.25, 0.3) is 0 Å². The monoisotopic (exact) mass is 248 g/mol. The van der Waals surface area contributed by atoms with Gasteiger partial charge in [-0.1, -0.05) is 13.0 Å². The number of rotatable bonds is 8. The Kier molecular flexibility index (Phi) is 5.98. The second kappa shape index (κ2) is 7.54. The first kappa shape index (κ1) is 14.3. The first-order chi connectivity index (χ1) is 8.76. The molecule has 0 heterocycles. The van der Waals surface area contributed by atoms with Crippen molar-refractivity contribution in [1.29, 1.82) is 0 Å². The van der Waals surface area contributed by atoms with Crippen molar-refractivity contribution in [2.75, 3.05) is 13.2 Å². The van der Waals surface area contributed by atoms with Crippen molar-refractivity contribution >= 4 is 6.29 Å². The van der Waals surface area contributed by atoms with E-state index in [0.717, 1.165) is 24.0 Å². The number of aldehydes is 1. The summed E-state index contributed by atoms with van der Waals surface area (Å²) >= 11 is 0. The summed E-state index contributed by atoms with van der Waals surface area (Å²) in [5.41, 5.74) is 1.53. The van der Waals surface area contributed by atoms with Gasteiger partial charge in [-0.25, -0.2) is 0 Å². The largest absolute Gasteiger partial charge is 0.490 e. The van der Waals surface area contributed by atoms with Gasteiger partial charge in [0, 0.05) is 11.1 Å². The molecule has 1 rings (SSSR count). The molecule has 0 fully saturated rings. The molecule has 0 amide bonds. The highest BCUT2D eigenvalue weighted by Gasteiger charge is 2.12. The number of ether oxygens (including phenoxy) is 2. The van der Waals surface area contributed by atoms with Crippen LogP contribution in [0.2, 0.25) is 0 Å². The lowest BCUT2D eigenvalue weighted by atomic mass is 10.1. The minimum Gasteiger partial charge on any atom is -0.490 e. The van der Waals surface area contributed by atoms with Gasteiger partial charge >= 0.3 is 0 Å². The number of hydrogen-bond acceptors (Lipinski definition) is 3. The third-order valence-corrected chi connectivity index (χ3v) is 2.40. The molecule has 0 aliphatic heterocycles. The number of benzene rings is 1. The summed E-state index contributed by atoms with van der Waals surface area (Å²) < 4.78 is 11.3. The molecule has 0 unspecified atom stereocenters. The summed E-state index contributed by atoms with van der Waals surface area (Å²) in [6.07, 6.45) is 4.19. The van der Waals surface area contributed by atoms with Crippen LogP contribution in [-0.2, 0) is 6.42 Å². The first-order valence-corrected chi connectivity index (χ1v) is 6.25. The van der Waals surface area contributed by atoms with Crippen LogP contribution in [0.1, 0.15) is 36.2 Å². The molecular weight excluding hydrogens is 228 g/mol. The lowest BCUT2D eigenvalue weighted by molar-refractivity contribution is 0.112. The standard InChI is InChI=1S/C15H20O3/c1-4-7-13-9-12(11-16)10-14(17-6-3)15(13)18-8-5-2/h4,9-11H,1,5-8H2,2-3H3. The quantitative estimate of drug-likeness (QED) is 0.522. The Morgan fingerprint density at radius 3 is 2.61 bits per heavy atom. The molecule has 0 saturated carbocycles. The Bertz CT molecular complexity index is 410. The summed E-state index contributed by atoms with van der Waals surface area (Å²) in [5, 5.41) is 0. The fourth-order valence-electron chi connectivity index (χ4n) is 1.69. The fraction of sp³-hybridized carbons (Fsp3) is 0.400. The first-order valence-electron chi connectivity index (χ1n) is 6.25. The van der Waals surface area contributed by atoms with Crippen molar-refractivity contribution in [3.8, 4) is 11.5 Å². The maximum Gasteiger partial charge on any atom is 0.164 e. The highest BCUT2D eigenvalue weighted by atomic mass is 16.5. The zero-order valence-electron chi connectivity index (χ0n) is 11.1. The summed E-state index contributed by atoms with van der Waals surface area (Å²) in [7, 11) is 0. The van der Waals surface area contributed by atoms with Gasteiger partial charge in [-0.2, -0.15) is 0 Å². The molecule has 3 nitrogen and oxygen atoms in total. The van der Waals surface area contributed by atoms with E-state index < -0.39 is 0 Å². The Balaban J connectivity index is 3.19. The fourth-order valence-corrected chi connectivity index (χ4v) is 1.69. The van der Waals surface area contributed by atoms with Gasteiger partial charge in [0.1, 0.15) is 6.29 Å². The van der Waals surface area contributed by atoms with E-state index in [-0.39, 0.29) is 0 Å². The molecule has 1 aromatic carbocycles. The molecule has 1 aromatic rings. The number of carbonyl (C=O) groups excluding carboxylic acids is 1. The SMILES string of the molecule is C=CCc1cc(C=O)cc(OCC)c1OCCC. The second-order valence-electron chi connectivity index (χ2n) is 3.90. The third-order valence-electron chi connectivity index (χ3n) is 2.40. The van der Waals surface area contributed by atoms with Gasteiger partial charge in [-0.15, -0.1) is 6.58 Å². The molecule has 0 N–H and O–H groups in total. The summed E-state index contributed by atoms with van der Waals surface area (Å²) in [5.74, 6) is 1.36. The lowest BCUT2D eigenvalue weighted by Gasteiger charge is -2.15. The molecule has 18 heavy (non-hydrogen) atoms. The van der Waals surface area contributed by atoms with Crippen molar-refractivity contribution in [2.24, 2.45) is 0 Å². The van der Waals surface area contributed by atoms with E-state index in [2.05, 4.69) is 6.58 Å². The maximum atomic E-state index is 10.9. The van der Waals surface area contributed by atoms with Crippen LogP contribution >= 0.6 is 0 Å². The second-order valence-corrected chi connectivity index (χ2v) is 3.90. The Morgan fingerprint density at radius 2 is 2.06 bits per heavy atom. The van der Waals surface area contributed by atoms with Gasteiger partial charge in [-0.05, 0) is 31.9 Å². The highest BCUT2D eigenvalue weighted by molar-refractivity contribution is 5.77. The maximum absolute atomic E-state index is 10.9. The third kappa shape index (κ3) is 3.62. The minimum absolute atomic E-state index is 0.540. The zero-order valence-corrected chi connectivity index (χ0v) is 11.1. The molecule has 0 radical (unpaired) electrons. The minimum atomic E-state index is 0.540. The smallest absolute Gasteiger partial charge is 0.164 e. The van der Waals surface area contributed by atoms with Crippen molar-refractivity contribution in [3.05, 3.63) is 35.9 Å². The number of allylic oxidation sites excluding steroid dienone is 1. The molecule has 0 saturated heterocycles. The molecule has 0 bridgehead atoms. The molecule has 0 spiro atoms. The molecule has 0 aliphatic rings. The topological polar surface area (TPSA) is 35.5 Å². The lowest BCUT2D eigenvalue weighted by Crippen LogP contribution is -2.04. The van der Waals surface area contributed by atoms with E-state index in [1.54, 1.807) is 12.1 Å². The van der Waals surface area contributed by atoms with Gasteiger partial charge < -0.3 is 9.47 Å². The van der Waals surface area contributed by atoms with Gasteiger partial charge in [0.25, 0.3) is 0 Å². The van der Waals surface area contributed by atoms with Gasteiger partial charge in [0.2, 0.25) is 0 Å². The van der Waals surface area contributed by atoms with E-state index in [0.29, 0.717) is 30.9 Å². The van der Waals surface area contributed by atoms with Crippen molar-refractivity contribution < 1.29 is 14.3 Å². The summed E-state index contributed by atoms with van der Waals surface area (Å²) in [6, 6.07) is 3.54. The average molecular weight is 248 g/mol. The van der Waals surface area contributed by atoms with Crippen LogP contribution in [0.4, 0.5) is 0 Å². The zero-order chi connectivity index (χ0) is 13.4. The van der Waals surface area contributed by atoms with Gasteiger partial charge in [-0.3, -0.25) is 4.79 Å². The molecule has 0 atom stereocenters. The highest BCUT2D eigenvalue weighted by Crippen LogP contribution is 2.33. The molecule has 0 aliphatic carbocycles. The Labute approximate surface area is 108 Å². The predicted octanol–water partition coefficient (Wildman–Crippen LogP) is 3.42.